The first kappa shape index (κ1) is 55.7. The molecule has 452 valence electrons. The Labute approximate surface area is 566 Å². The van der Waals surface area contributed by atoms with E-state index in [-0.39, 0.29) is 0 Å². The molecule has 96 heavy (non-hydrogen) atoms. The molecule has 21 aromatic rings. The van der Waals surface area contributed by atoms with Gasteiger partial charge in [0, 0.05) is 94.6 Å². The molecule has 1 N–H and O–H groups in total. The van der Waals surface area contributed by atoms with Crippen LogP contribution < -0.4 is 0 Å². The second kappa shape index (κ2) is 22.4. The highest BCUT2D eigenvalue weighted by Crippen LogP contribution is 2.46. The Bertz CT molecular complexity index is 6610. The number of halogens is 2. The van der Waals surface area contributed by atoms with Crippen LogP contribution in [0.5, 0.6) is 0 Å². The molecule has 12 aromatic carbocycles. The zero-order valence-corrected chi connectivity index (χ0v) is 54.1. The van der Waals surface area contributed by atoms with Crippen molar-refractivity contribution in [2.24, 2.45) is 0 Å². The van der Waals surface area contributed by atoms with Crippen molar-refractivity contribution >= 4 is 171 Å². The van der Waals surface area contributed by atoms with Crippen molar-refractivity contribution in [2.75, 3.05) is 0 Å². The van der Waals surface area contributed by atoms with E-state index in [0.29, 0.717) is 5.15 Å². The van der Waals surface area contributed by atoms with Gasteiger partial charge in [0.1, 0.15) is 16.6 Å². The van der Waals surface area contributed by atoms with Gasteiger partial charge in [-0.3, -0.25) is 9.38 Å². The standard InChI is InChI=1S/C42H25N5.C37H24N4.C5H3ClIN/c1-3-12-26(13-4-1)45-36-22-21-29-28-16-7-9-18-34(28)46(27-14-5-2-6-15-27)41(29)39(36)32-24-30-31(25-38(32)45)42-44-33-17-8-10-19-35(33)47(42)37-20-11-23-43-40(30)37;1-3-11-25(12-4-1)40-33-22-21-28-27-15-7-10-18-32(27)41(26-13-5-2-6-14-26)36(28)35(33)29-20-19-24(23-34(29)40)37-38-30-16-8-9-17-31(30)39-37;6-5-4(7)2-1-3-8-5/h1-25H;1-23H,(H,38,39);1-3H. The third kappa shape index (κ3) is 8.70. The first-order chi connectivity index (χ1) is 47.5. The molecule has 0 amide bonds. The highest BCUT2D eigenvalue weighted by molar-refractivity contribution is 14.1. The Kier molecular flexibility index (Phi) is 13.0. The molecule has 9 aromatic heterocycles. The molecule has 0 aliphatic heterocycles. The lowest BCUT2D eigenvalue weighted by atomic mass is 10.0. The van der Waals surface area contributed by atoms with E-state index in [2.05, 4.69) is 316 Å². The van der Waals surface area contributed by atoms with E-state index in [0.717, 1.165) is 104 Å². The Hall–Kier alpha value is -11.9. The van der Waals surface area contributed by atoms with Crippen molar-refractivity contribution in [3.8, 4) is 34.1 Å². The fraction of sp³-hybridized carbons (Fsp3) is 0. The Morgan fingerprint density at radius 3 is 1.40 bits per heavy atom. The number of aromatic nitrogens is 10. The number of benzene rings is 12. The molecule has 0 aliphatic rings. The number of pyridine rings is 3. The molecule has 0 saturated carbocycles. The van der Waals surface area contributed by atoms with Gasteiger partial charge in [-0.15, -0.1) is 0 Å². The summed E-state index contributed by atoms with van der Waals surface area (Å²) in [7, 11) is 0. The number of fused-ring (bicyclic) bond motifs is 23. The predicted octanol–water partition coefficient (Wildman–Crippen LogP) is 22.1. The topological polar surface area (TPSA) is 91.5 Å². The maximum atomic E-state index is 5.59. The van der Waals surface area contributed by atoms with Gasteiger partial charge in [-0.05, 0) is 162 Å². The van der Waals surface area contributed by atoms with Gasteiger partial charge in [-0.2, -0.15) is 0 Å². The number of nitrogens with one attached hydrogen (secondary N) is 1. The smallest absolute Gasteiger partial charge is 0.146 e. The molecule has 0 radical (unpaired) electrons. The molecule has 0 aliphatic carbocycles. The summed E-state index contributed by atoms with van der Waals surface area (Å²) in [5.41, 5.74) is 22.1. The van der Waals surface area contributed by atoms with E-state index < -0.39 is 0 Å². The molecule has 0 fully saturated rings. The number of nitrogens with zero attached hydrogens (tertiary/aromatic N) is 9. The normalized spacial score (nSPS) is 11.9. The highest BCUT2D eigenvalue weighted by Gasteiger charge is 2.25. The van der Waals surface area contributed by atoms with Gasteiger partial charge in [-0.1, -0.05) is 169 Å². The van der Waals surface area contributed by atoms with Gasteiger partial charge < -0.3 is 23.3 Å². The molecule has 10 nitrogen and oxygen atoms in total. The van der Waals surface area contributed by atoms with Crippen LogP contribution >= 0.6 is 34.2 Å². The van der Waals surface area contributed by atoms with E-state index in [4.69, 9.17) is 26.6 Å². The average molecular weight is 1360 g/mol. The van der Waals surface area contributed by atoms with Gasteiger partial charge in [-0.25, -0.2) is 15.0 Å². The fourth-order valence-electron chi connectivity index (χ4n) is 14.8. The number of hydrogen-bond donors (Lipinski definition) is 1. The summed E-state index contributed by atoms with van der Waals surface area (Å²) in [6.45, 7) is 0. The number of rotatable bonds is 5. The Balaban J connectivity index is 0.000000122. The van der Waals surface area contributed by atoms with Crippen LogP contribution in [0.15, 0.2) is 310 Å². The fourth-order valence-corrected chi connectivity index (χ4v) is 15.2. The second-order valence-electron chi connectivity index (χ2n) is 24.1. The van der Waals surface area contributed by atoms with Gasteiger partial charge in [0.05, 0.1) is 80.8 Å². The molecular weight excluding hydrogens is 1310 g/mol. The molecule has 9 heterocycles. The van der Waals surface area contributed by atoms with Crippen molar-refractivity contribution in [3.05, 3.63) is 318 Å². The average Bonchev–Trinajstić information content (AvgIpc) is 1.52. The SMILES string of the molecule is Clc1ncccc1I.c1ccc(-n2c3cc(-c4nc5ccccc5[nH]4)ccc3c3c2ccc2c4ccccc4n(-c4ccccc4)c23)cc1.c1ccc(-n2c3cc4c(cc3c3c2ccc2c5ccccc5n(-c5ccccc5)c23)c2ncccc2n2c3ccccc3nc42)cc1. The molecule has 0 unspecified atom stereocenters. The van der Waals surface area contributed by atoms with Crippen molar-refractivity contribution in [2.45, 2.75) is 0 Å². The first-order valence-corrected chi connectivity index (χ1v) is 33.4. The van der Waals surface area contributed by atoms with Crippen LogP contribution in [0, 0.1) is 3.57 Å². The summed E-state index contributed by atoms with van der Waals surface area (Å²) in [5.74, 6) is 0.876. The summed E-state index contributed by atoms with van der Waals surface area (Å²) in [5, 5.41) is 12.6. The number of H-pyrrole nitrogens is 1. The van der Waals surface area contributed by atoms with Crippen LogP contribution in [0.4, 0.5) is 0 Å². The molecule has 0 spiro atoms. The zero-order valence-electron chi connectivity index (χ0n) is 51.2. The molecule has 12 heteroatoms. The van der Waals surface area contributed by atoms with Gasteiger partial charge >= 0.3 is 0 Å². The third-order valence-electron chi connectivity index (χ3n) is 18.8. The van der Waals surface area contributed by atoms with Gasteiger partial charge in [0.25, 0.3) is 0 Å². The van der Waals surface area contributed by atoms with E-state index in [1.54, 1.807) is 6.20 Å². The quantitative estimate of drug-likeness (QED) is 0.106. The van der Waals surface area contributed by atoms with Crippen molar-refractivity contribution in [1.82, 2.24) is 47.6 Å². The molecule has 21 rings (SSSR count). The molecule has 0 atom stereocenters. The predicted molar refractivity (Wildman–Crippen MR) is 406 cm³/mol. The van der Waals surface area contributed by atoms with Crippen LogP contribution in [0.25, 0.3) is 171 Å². The minimum Gasteiger partial charge on any atom is -0.338 e. The van der Waals surface area contributed by atoms with Crippen LogP contribution in [0.1, 0.15) is 0 Å². The van der Waals surface area contributed by atoms with Gasteiger partial charge in [0.2, 0.25) is 0 Å². The Morgan fingerprint density at radius 1 is 0.323 bits per heavy atom. The third-order valence-corrected chi connectivity index (χ3v) is 20.3. The molecular formula is C84H52ClIN10. The van der Waals surface area contributed by atoms with E-state index >= 15 is 0 Å². The van der Waals surface area contributed by atoms with Crippen LogP contribution in [0.3, 0.4) is 0 Å². The van der Waals surface area contributed by atoms with Crippen molar-refractivity contribution < 1.29 is 0 Å². The summed E-state index contributed by atoms with van der Waals surface area (Å²) in [6.07, 6.45) is 3.57. The van der Waals surface area contributed by atoms with E-state index in [1.807, 2.05) is 42.6 Å². The van der Waals surface area contributed by atoms with Crippen molar-refractivity contribution in [1.29, 1.82) is 0 Å². The minimum atomic E-state index is 0.577. The minimum absolute atomic E-state index is 0.577. The summed E-state index contributed by atoms with van der Waals surface area (Å²) in [4.78, 5) is 22.5. The van der Waals surface area contributed by atoms with E-state index in [1.165, 1.54) is 70.7 Å². The summed E-state index contributed by atoms with van der Waals surface area (Å²) >= 11 is 7.72. The van der Waals surface area contributed by atoms with Crippen LogP contribution in [0.2, 0.25) is 5.15 Å². The first-order valence-electron chi connectivity index (χ1n) is 31.9. The van der Waals surface area contributed by atoms with Crippen LogP contribution in [-0.2, 0) is 0 Å². The number of hydrogen-bond acceptors (Lipinski definition) is 4. The maximum absolute atomic E-state index is 5.59. The number of para-hydroxylation sites is 10. The van der Waals surface area contributed by atoms with Crippen molar-refractivity contribution in [3.63, 3.8) is 0 Å². The lowest BCUT2D eigenvalue weighted by Gasteiger charge is -2.10. The molecule has 0 bridgehead atoms. The lowest BCUT2D eigenvalue weighted by Crippen LogP contribution is -1.95. The zero-order chi connectivity index (χ0) is 63.5. The summed E-state index contributed by atoms with van der Waals surface area (Å²) < 4.78 is 12.9. The molecule has 0 saturated heterocycles. The highest BCUT2D eigenvalue weighted by atomic mass is 127. The number of imidazole rings is 2. The monoisotopic (exact) mass is 1360 g/mol. The summed E-state index contributed by atoms with van der Waals surface area (Å²) in [6, 6.07) is 105. The second-order valence-corrected chi connectivity index (χ2v) is 25.6. The van der Waals surface area contributed by atoms with E-state index in [9.17, 15) is 0 Å². The maximum Gasteiger partial charge on any atom is 0.146 e. The van der Waals surface area contributed by atoms with Crippen LogP contribution in [-0.4, -0.2) is 47.6 Å². The number of aromatic amines is 1. The van der Waals surface area contributed by atoms with Gasteiger partial charge in [0.15, 0.2) is 0 Å². The lowest BCUT2D eigenvalue weighted by molar-refractivity contribution is 1.17. The largest absolute Gasteiger partial charge is 0.338 e. The Morgan fingerprint density at radius 2 is 0.812 bits per heavy atom.